The number of hydrogen-bond donors (Lipinski definition) is 16. The van der Waals surface area contributed by atoms with Crippen molar-refractivity contribution < 1.29 is 110 Å². The molecule has 0 aliphatic carbocycles. The van der Waals surface area contributed by atoms with E-state index in [4.69, 9.17) is 0 Å². The van der Waals surface area contributed by atoms with Gasteiger partial charge in [0.1, 0.15) is 0 Å². The summed E-state index contributed by atoms with van der Waals surface area (Å²) in [7, 11) is 6.54. The molecule has 0 aromatic heterocycles. The molecule has 3 aromatic carbocycles. The summed E-state index contributed by atoms with van der Waals surface area (Å²) in [5.74, 6) is -8.32. The van der Waals surface area contributed by atoms with Crippen molar-refractivity contribution in [3.63, 3.8) is 0 Å². The van der Waals surface area contributed by atoms with Crippen molar-refractivity contribution in [1.82, 2.24) is 29.4 Å². The number of carbonyl (C=O) groups is 9. The van der Waals surface area contributed by atoms with Gasteiger partial charge in [-0.3, -0.25) is 43.2 Å². The van der Waals surface area contributed by atoms with E-state index in [1.54, 1.807) is 203 Å². The van der Waals surface area contributed by atoms with E-state index in [0.717, 1.165) is 24.5 Å². The Morgan fingerprint density at radius 2 is 0.538 bits per heavy atom. The molecule has 3 rings (SSSR count). The van der Waals surface area contributed by atoms with Crippen LogP contribution in [-0.4, -0.2) is 312 Å². The Kier molecular flexibility index (Phi) is 36.9. The van der Waals surface area contributed by atoms with Crippen LogP contribution < -0.4 is 16.0 Å². The van der Waals surface area contributed by atoms with Gasteiger partial charge in [0, 0.05) is 91.8 Å². The highest BCUT2D eigenvalue weighted by Crippen LogP contribution is 2.41. The first-order valence-electron chi connectivity index (χ1n) is 26.9. The molecule has 0 spiro atoms. The lowest BCUT2D eigenvalue weighted by molar-refractivity contribution is -0.126. The van der Waals surface area contributed by atoms with Crippen molar-refractivity contribution >= 4 is 274 Å². The fourth-order valence-electron chi connectivity index (χ4n) is 8.39. The summed E-state index contributed by atoms with van der Waals surface area (Å²) in [5, 5.41) is 139. The van der Waals surface area contributed by atoms with Crippen molar-refractivity contribution in [3.05, 3.63) is 65.5 Å². The summed E-state index contributed by atoms with van der Waals surface area (Å²) in [6.45, 7) is -8.23. The topological polar surface area (TPSA) is 472 Å². The molecule has 7 atom stereocenters. The molecule has 0 radical (unpaired) electrons. The van der Waals surface area contributed by atoms with Crippen LogP contribution in [0.15, 0.2) is 0 Å². The summed E-state index contributed by atoms with van der Waals surface area (Å²) in [5.41, 5.74) is -1.58. The van der Waals surface area contributed by atoms with Crippen LogP contribution in [0.1, 0.15) is 68.6 Å². The van der Waals surface area contributed by atoms with Crippen molar-refractivity contribution in [2.75, 3.05) is 137 Å². The first-order chi connectivity index (χ1) is 43.4. The summed E-state index contributed by atoms with van der Waals surface area (Å²) < 4.78 is 0.300. The van der Waals surface area contributed by atoms with Crippen LogP contribution in [0, 0.1) is 32.1 Å². The number of likely N-dealkylation sites (N-methyl/N-ethyl adjacent to an activating group) is 4. The summed E-state index contributed by atoms with van der Waals surface area (Å²) in [6.07, 6.45) is -11.9. The predicted molar refractivity (Wildman–Crippen MR) is 410 cm³/mol. The average Bonchev–Trinajstić information content (AvgIpc) is 0.785. The molecule has 40 heteroatoms. The van der Waals surface area contributed by atoms with Crippen LogP contribution in [0.5, 0.6) is 0 Å². The molecule has 0 aliphatic heterocycles. The second-order valence-corrected chi connectivity index (χ2v) is 30.2. The van der Waals surface area contributed by atoms with Crippen LogP contribution in [0.3, 0.4) is 0 Å². The van der Waals surface area contributed by atoms with Crippen LogP contribution in [-0.2, 0) is 14.4 Å². The van der Waals surface area contributed by atoms with Gasteiger partial charge in [0.05, 0.1) is 136 Å². The van der Waals surface area contributed by atoms with E-state index >= 15 is 4.79 Å². The molecule has 16 N–H and O–H groups in total. The molecule has 0 saturated carbocycles. The Morgan fingerprint density at radius 1 is 0.312 bits per heavy atom. The van der Waals surface area contributed by atoms with E-state index in [2.05, 4.69) is 16.0 Å². The number of benzene rings is 3. The van der Waals surface area contributed by atoms with E-state index < -0.39 is 155 Å². The lowest BCUT2D eigenvalue weighted by Crippen LogP contribution is -2.45. The van der Waals surface area contributed by atoms with Crippen molar-refractivity contribution in [2.24, 2.45) is 0 Å². The zero-order valence-corrected chi connectivity index (χ0v) is 68.9. The molecule has 0 heterocycles. The van der Waals surface area contributed by atoms with Gasteiger partial charge in [-0.25, -0.2) is 0 Å². The molecule has 9 amide bonds. The molecule has 0 bridgehead atoms. The Morgan fingerprint density at radius 3 is 0.774 bits per heavy atom. The largest absolute Gasteiger partial charge is 0.394 e. The van der Waals surface area contributed by atoms with E-state index in [-0.39, 0.29) is 115 Å². The van der Waals surface area contributed by atoms with Gasteiger partial charge in [-0.1, -0.05) is 0 Å². The highest BCUT2D eigenvalue weighted by molar-refractivity contribution is 14.1. The zero-order chi connectivity index (χ0) is 71.1. The monoisotopic (exact) mass is 2320 g/mol. The minimum Gasteiger partial charge on any atom is -0.394 e. The smallest absolute Gasteiger partial charge is 0.256 e. The third-order valence-electron chi connectivity index (χ3n) is 13.3. The summed E-state index contributed by atoms with van der Waals surface area (Å²) >= 11 is 15.6. The third kappa shape index (κ3) is 22.0. The number of carbonyl (C=O) groups excluding carboxylic acids is 9. The first kappa shape index (κ1) is 86.2. The molecular weight excluding hydrogens is 2260 g/mol. The quantitative estimate of drug-likeness (QED) is 0.0334. The van der Waals surface area contributed by atoms with Crippen LogP contribution in [0.2, 0.25) is 0 Å². The molecule has 0 saturated heterocycles. The molecular formula is C53H66I9N9O22. The minimum absolute atomic E-state index is 0.0162. The Labute approximate surface area is 655 Å². The summed E-state index contributed by atoms with van der Waals surface area (Å²) in [4.78, 5) is 134. The molecule has 3 aromatic rings. The van der Waals surface area contributed by atoms with Crippen LogP contribution >= 0.6 is 203 Å². The number of aliphatic hydroxyl groups excluding tert-OH is 13. The van der Waals surface area contributed by atoms with Gasteiger partial charge in [-0.2, -0.15) is 0 Å². The average molecular weight is 2320 g/mol. The fourth-order valence-corrected chi connectivity index (χ4v) is 21.5. The highest BCUT2D eigenvalue weighted by atomic mass is 127. The molecule has 93 heavy (non-hydrogen) atoms. The van der Waals surface area contributed by atoms with Crippen molar-refractivity contribution in [1.29, 1.82) is 0 Å². The van der Waals surface area contributed by atoms with E-state index in [9.17, 15) is 105 Å². The predicted octanol–water partition coefficient (Wildman–Crippen LogP) is -0.984. The third-order valence-corrected chi connectivity index (χ3v) is 23.1. The number of amides is 9. The number of anilines is 3. The Balaban J connectivity index is 2.35. The van der Waals surface area contributed by atoms with Crippen LogP contribution in [0.4, 0.5) is 17.1 Å². The molecule has 7 unspecified atom stereocenters. The second kappa shape index (κ2) is 39.8. The van der Waals surface area contributed by atoms with E-state index in [1.165, 1.54) is 40.1 Å². The zero-order valence-electron chi connectivity index (χ0n) is 49.5. The van der Waals surface area contributed by atoms with Crippen molar-refractivity contribution in [3.8, 4) is 0 Å². The van der Waals surface area contributed by atoms with Gasteiger partial charge in [-0.15, -0.1) is 0 Å². The van der Waals surface area contributed by atoms with Crippen LogP contribution in [0.25, 0.3) is 0 Å². The maximum atomic E-state index is 15.6. The number of nitrogens with zero attached hydrogens (tertiary/aromatic N) is 6. The van der Waals surface area contributed by atoms with Gasteiger partial charge in [0.15, 0.2) is 18.3 Å². The van der Waals surface area contributed by atoms with Gasteiger partial charge in [0.25, 0.3) is 53.2 Å². The first-order valence-corrected chi connectivity index (χ1v) is 36.6. The SMILES string of the molecule is CN(CCCN(CC(O)CN(C)C(=O)c1c(I)c(NC(=O)C(O)CO)c(I)c(C(=O)N(C)CC(O)CO)c1I)C(=O)c1c(I)c(NC(=O)C(O)CO)c(I)c(C(=O)N(C)CC(O)CO)c1I)C(=O)c1c(I)c(NC(=O)C(O)CO)c(I)c(C(=O)N(C)CC(O)CO)c1I. The Hall–Kier alpha value is -1.06. The lowest BCUT2D eigenvalue weighted by atomic mass is 10.0. The van der Waals surface area contributed by atoms with E-state index in [0.29, 0.717) is 0 Å². The van der Waals surface area contributed by atoms with E-state index in [1.807, 2.05) is 0 Å². The second-order valence-electron chi connectivity index (χ2n) is 20.5. The molecule has 0 aliphatic rings. The number of nitrogens with one attached hydrogen (secondary N) is 3. The number of halogens is 9. The number of hydrogen-bond acceptors (Lipinski definition) is 22. The fraction of sp³-hybridized carbons (Fsp3) is 0.491. The maximum Gasteiger partial charge on any atom is 0.256 e. The van der Waals surface area contributed by atoms with Gasteiger partial charge < -0.3 is 112 Å². The standard InChI is InChI=1S/C53H66I9N9O22/c1-66(48(88)27-33(54)28(50(90)68(3)10-21(79)14-72)37(58)42(36(27)57)63-45(85)24(82)17-75)7-6-8-71(53(93)32-35(56)31(52(92)70(5)12-23(81)16-74)40(61)44(41(32)62)65-47(87)26(84)19-77)13-20(78)9-67(2)49(89)29-34(55)30(51(91)69(4)11-22(80)15-73)39(60)43(38(29)59)64-46(86)25(83)18-76/h20-26,72-84H,6-19H2,1-5H3,(H,63,85)(H,64,86)(H,65,87). The highest BCUT2D eigenvalue weighted by Gasteiger charge is 2.38. The van der Waals surface area contributed by atoms with Gasteiger partial charge in [-0.05, 0) is 210 Å². The van der Waals surface area contributed by atoms with Gasteiger partial charge in [0.2, 0.25) is 0 Å². The number of aliphatic hydroxyl groups is 13. The maximum absolute atomic E-state index is 15.6. The Bertz CT molecular complexity index is 3310. The lowest BCUT2D eigenvalue weighted by Gasteiger charge is -2.31. The minimum atomic E-state index is -1.99. The normalized spacial score (nSPS) is 13.6. The van der Waals surface area contributed by atoms with Crippen molar-refractivity contribution in [2.45, 2.75) is 49.1 Å². The summed E-state index contributed by atoms with van der Waals surface area (Å²) in [6, 6.07) is 0. The number of rotatable bonds is 32. The van der Waals surface area contributed by atoms with Gasteiger partial charge >= 0.3 is 0 Å². The molecule has 518 valence electrons. The molecule has 31 nitrogen and oxygen atoms in total. The molecule has 0 fully saturated rings.